The lowest BCUT2D eigenvalue weighted by molar-refractivity contribution is 0.0987. The molecule has 0 fully saturated rings. The van der Waals surface area contributed by atoms with E-state index in [1.54, 1.807) is 12.1 Å². The number of nitrogens with two attached hydrogens (primary N) is 1. The number of hydrogen-bond donors (Lipinski definition) is 1. The topological polar surface area (TPSA) is 73.8 Å². The van der Waals surface area contributed by atoms with Gasteiger partial charge in [-0.05, 0) is 32.0 Å². The molecule has 18 heavy (non-hydrogen) atoms. The van der Waals surface area contributed by atoms with Crippen LogP contribution in [-0.2, 0) is 6.42 Å². The highest BCUT2D eigenvalue weighted by Crippen LogP contribution is 2.08. The van der Waals surface area contributed by atoms with Crippen LogP contribution in [0.25, 0.3) is 0 Å². The number of carbonyl (C=O) groups excluding carboxylic acids is 1. The van der Waals surface area contributed by atoms with Crippen molar-refractivity contribution in [3.8, 4) is 0 Å². The zero-order valence-electron chi connectivity index (χ0n) is 10.5. The van der Waals surface area contributed by atoms with Gasteiger partial charge in [0.25, 0.3) is 0 Å². The Morgan fingerprint density at radius 2 is 2.17 bits per heavy atom. The van der Waals surface area contributed by atoms with Crippen LogP contribution >= 0.6 is 0 Å². The molecule has 5 heteroatoms. The molecule has 0 unspecified atom stereocenters. The van der Waals surface area contributed by atoms with Gasteiger partial charge >= 0.3 is 0 Å². The van der Waals surface area contributed by atoms with E-state index < -0.39 is 0 Å². The van der Waals surface area contributed by atoms with Crippen molar-refractivity contribution in [3.63, 3.8) is 0 Å². The lowest BCUT2D eigenvalue weighted by Crippen LogP contribution is -2.08. The monoisotopic (exact) mass is 244 g/mol. The van der Waals surface area contributed by atoms with Gasteiger partial charge in [-0.1, -0.05) is 0 Å². The third kappa shape index (κ3) is 2.74. The number of carbonyl (C=O) groups is 1. The van der Waals surface area contributed by atoms with Crippen LogP contribution in [0.2, 0.25) is 0 Å². The van der Waals surface area contributed by atoms with Crippen molar-refractivity contribution in [3.05, 3.63) is 42.0 Å². The summed E-state index contributed by atoms with van der Waals surface area (Å²) in [5, 5.41) is 4.34. The third-order valence-corrected chi connectivity index (χ3v) is 2.61. The fraction of sp³-hybridized carbons (Fsp3) is 0.308. The second-order valence-corrected chi connectivity index (χ2v) is 4.46. The van der Waals surface area contributed by atoms with E-state index in [-0.39, 0.29) is 12.2 Å². The van der Waals surface area contributed by atoms with Gasteiger partial charge in [-0.2, -0.15) is 5.10 Å². The first-order chi connectivity index (χ1) is 8.56. The maximum absolute atomic E-state index is 12.0. The minimum atomic E-state index is -0.0518. The summed E-state index contributed by atoms with van der Waals surface area (Å²) >= 11 is 0. The molecule has 94 valence electrons. The van der Waals surface area contributed by atoms with Gasteiger partial charge in [-0.15, -0.1) is 0 Å². The molecule has 0 amide bonds. The number of ketones is 1. The van der Waals surface area contributed by atoms with Crippen LogP contribution < -0.4 is 5.73 Å². The van der Waals surface area contributed by atoms with Crippen molar-refractivity contribution < 1.29 is 4.79 Å². The fourth-order valence-electron chi connectivity index (χ4n) is 1.58. The fourth-order valence-corrected chi connectivity index (χ4v) is 1.58. The molecule has 0 spiro atoms. The Bertz CT molecular complexity index is 542. The van der Waals surface area contributed by atoms with Crippen molar-refractivity contribution in [2.75, 3.05) is 5.73 Å². The van der Waals surface area contributed by atoms with Crippen LogP contribution in [0.4, 0.5) is 5.69 Å². The lowest BCUT2D eigenvalue weighted by atomic mass is 10.1. The molecule has 0 aliphatic heterocycles. The summed E-state index contributed by atoms with van der Waals surface area (Å²) in [6, 6.07) is 5.46. The summed E-state index contributed by atoms with van der Waals surface area (Å²) in [7, 11) is 0. The van der Waals surface area contributed by atoms with Gasteiger partial charge in [0, 0.05) is 12.2 Å². The first kappa shape index (κ1) is 12.3. The van der Waals surface area contributed by atoms with E-state index in [4.69, 9.17) is 5.73 Å². The summed E-state index contributed by atoms with van der Waals surface area (Å²) in [5.74, 6) is -0.0518. The first-order valence-corrected chi connectivity index (χ1v) is 5.85. The zero-order chi connectivity index (χ0) is 13.1. The highest BCUT2D eigenvalue weighted by molar-refractivity contribution is 5.95. The Hall–Kier alpha value is -2.17. The molecule has 2 aromatic heterocycles. The SMILES string of the molecule is CC(C)n1ccc(CC(=O)c2ccc(N)cn2)n1. The second kappa shape index (κ2) is 5.00. The molecule has 2 rings (SSSR count). The highest BCUT2D eigenvalue weighted by atomic mass is 16.1. The normalized spacial score (nSPS) is 10.8. The molecule has 0 saturated carbocycles. The van der Waals surface area contributed by atoms with E-state index in [0.717, 1.165) is 5.69 Å². The average molecular weight is 244 g/mol. The van der Waals surface area contributed by atoms with Gasteiger partial charge in [-0.3, -0.25) is 14.5 Å². The maximum Gasteiger partial charge on any atom is 0.187 e. The third-order valence-electron chi connectivity index (χ3n) is 2.61. The predicted octanol–water partition coefficient (Wildman–Crippen LogP) is 1.87. The van der Waals surface area contributed by atoms with E-state index in [9.17, 15) is 4.79 Å². The molecule has 0 saturated heterocycles. The summed E-state index contributed by atoms with van der Waals surface area (Å²) in [6.45, 7) is 4.08. The Morgan fingerprint density at radius 3 is 2.72 bits per heavy atom. The first-order valence-electron chi connectivity index (χ1n) is 5.85. The number of rotatable bonds is 4. The Balaban J connectivity index is 2.08. The number of nitrogens with zero attached hydrogens (tertiary/aromatic N) is 3. The minimum Gasteiger partial charge on any atom is -0.397 e. The number of anilines is 1. The largest absolute Gasteiger partial charge is 0.397 e. The van der Waals surface area contributed by atoms with E-state index in [0.29, 0.717) is 17.4 Å². The van der Waals surface area contributed by atoms with Crippen LogP contribution in [0.3, 0.4) is 0 Å². The molecule has 2 N–H and O–H groups in total. The van der Waals surface area contributed by atoms with Gasteiger partial charge in [0.05, 0.1) is 24.0 Å². The summed E-state index contributed by atoms with van der Waals surface area (Å²) in [6.07, 6.45) is 3.63. The van der Waals surface area contributed by atoms with Gasteiger partial charge in [0.1, 0.15) is 5.69 Å². The minimum absolute atomic E-state index is 0.0518. The molecule has 0 bridgehead atoms. The molecule has 0 aliphatic carbocycles. The van der Waals surface area contributed by atoms with Crippen LogP contribution in [0.1, 0.15) is 36.1 Å². The summed E-state index contributed by atoms with van der Waals surface area (Å²) in [5.41, 5.74) is 7.25. The summed E-state index contributed by atoms with van der Waals surface area (Å²) < 4.78 is 1.83. The van der Waals surface area contributed by atoms with Crippen molar-refractivity contribution in [2.45, 2.75) is 26.3 Å². The second-order valence-electron chi connectivity index (χ2n) is 4.46. The van der Waals surface area contributed by atoms with Gasteiger partial charge in [0.2, 0.25) is 0 Å². The van der Waals surface area contributed by atoms with Crippen molar-refractivity contribution >= 4 is 11.5 Å². The average Bonchev–Trinajstić information content (AvgIpc) is 2.78. The summed E-state index contributed by atoms with van der Waals surface area (Å²) in [4.78, 5) is 16.0. The number of aromatic nitrogens is 3. The molecular formula is C13H16N4O. The van der Waals surface area contributed by atoms with E-state index in [1.807, 2.05) is 30.8 Å². The van der Waals surface area contributed by atoms with E-state index >= 15 is 0 Å². The Labute approximate surface area is 106 Å². The van der Waals surface area contributed by atoms with Crippen LogP contribution in [0.5, 0.6) is 0 Å². The number of Topliss-reactive ketones (excluding diaryl/α,β-unsaturated/α-hetero) is 1. The van der Waals surface area contributed by atoms with Crippen molar-refractivity contribution in [1.29, 1.82) is 0 Å². The molecule has 2 aromatic rings. The predicted molar refractivity (Wildman–Crippen MR) is 69.3 cm³/mol. The number of hydrogen-bond acceptors (Lipinski definition) is 4. The maximum atomic E-state index is 12.0. The molecule has 0 aliphatic rings. The van der Waals surface area contributed by atoms with Crippen molar-refractivity contribution in [1.82, 2.24) is 14.8 Å². The van der Waals surface area contributed by atoms with Crippen LogP contribution in [-0.4, -0.2) is 20.5 Å². The molecule has 0 aromatic carbocycles. The standard InChI is InChI=1S/C13H16N4O/c1-9(2)17-6-5-11(16-17)7-13(18)12-4-3-10(14)8-15-12/h3-6,8-9H,7,14H2,1-2H3. The molecule has 0 atom stereocenters. The van der Waals surface area contributed by atoms with Crippen LogP contribution in [0.15, 0.2) is 30.6 Å². The lowest BCUT2D eigenvalue weighted by Gasteiger charge is -2.03. The van der Waals surface area contributed by atoms with Gasteiger partial charge in [0.15, 0.2) is 5.78 Å². The zero-order valence-corrected chi connectivity index (χ0v) is 10.5. The Morgan fingerprint density at radius 1 is 1.39 bits per heavy atom. The van der Waals surface area contributed by atoms with Crippen molar-refractivity contribution in [2.24, 2.45) is 0 Å². The van der Waals surface area contributed by atoms with Crippen LogP contribution in [0, 0.1) is 0 Å². The number of nitrogen functional groups attached to an aromatic ring is 1. The van der Waals surface area contributed by atoms with Gasteiger partial charge < -0.3 is 5.73 Å². The van der Waals surface area contributed by atoms with E-state index in [2.05, 4.69) is 10.1 Å². The molecular weight excluding hydrogens is 228 g/mol. The van der Waals surface area contributed by atoms with Gasteiger partial charge in [-0.25, -0.2) is 0 Å². The van der Waals surface area contributed by atoms with E-state index in [1.165, 1.54) is 6.20 Å². The molecule has 2 heterocycles. The Kier molecular flexibility index (Phi) is 3.41. The quantitative estimate of drug-likeness (QED) is 0.833. The highest BCUT2D eigenvalue weighted by Gasteiger charge is 2.11. The number of pyridine rings is 1. The molecule has 5 nitrogen and oxygen atoms in total. The molecule has 0 radical (unpaired) electrons. The smallest absolute Gasteiger partial charge is 0.187 e.